The van der Waals surface area contributed by atoms with Crippen molar-refractivity contribution in [3.63, 3.8) is 0 Å². The Kier molecular flexibility index (Phi) is 3.92. The Labute approximate surface area is 130 Å². The van der Waals surface area contributed by atoms with E-state index in [0.717, 1.165) is 25.0 Å². The van der Waals surface area contributed by atoms with Gasteiger partial charge in [-0.2, -0.15) is 0 Å². The summed E-state index contributed by atoms with van der Waals surface area (Å²) in [5, 5.41) is 3.85. The number of carbonyl (C=O) groups excluding carboxylic acids is 1. The highest BCUT2D eigenvalue weighted by atomic mass is 35.5. The molecule has 0 fully saturated rings. The molecule has 20 heavy (non-hydrogen) atoms. The molecule has 0 saturated heterocycles. The van der Waals surface area contributed by atoms with Crippen LogP contribution < -0.4 is 5.32 Å². The van der Waals surface area contributed by atoms with Gasteiger partial charge in [0, 0.05) is 4.88 Å². The summed E-state index contributed by atoms with van der Waals surface area (Å²) < 4.78 is 0. The third-order valence-corrected chi connectivity index (χ3v) is 4.68. The van der Waals surface area contributed by atoms with Crippen LogP contribution in [0.15, 0.2) is 12.1 Å². The predicted molar refractivity (Wildman–Crippen MR) is 81.0 cm³/mol. The van der Waals surface area contributed by atoms with E-state index in [2.05, 4.69) is 15.3 Å². The van der Waals surface area contributed by atoms with Gasteiger partial charge in [0.2, 0.25) is 0 Å². The zero-order valence-electron chi connectivity index (χ0n) is 10.4. The van der Waals surface area contributed by atoms with E-state index in [1.807, 2.05) is 0 Å². The number of hydrogen-bond acceptors (Lipinski definition) is 4. The minimum atomic E-state index is -0.386. The quantitative estimate of drug-likeness (QED) is 0.849. The monoisotopic (exact) mass is 327 g/mol. The van der Waals surface area contributed by atoms with Gasteiger partial charge in [-0.25, -0.2) is 9.97 Å². The van der Waals surface area contributed by atoms with E-state index >= 15 is 0 Å². The van der Waals surface area contributed by atoms with Crippen molar-refractivity contribution in [3.05, 3.63) is 38.6 Å². The van der Waals surface area contributed by atoms with E-state index in [0.29, 0.717) is 5.13 Å². The van der Waals surface area contributed by atoms with Crippen molar-refractivity contribution < 1.29 is 4.79 Å². The smallest absolute Gasteiger partial charge is 0.277 e. The molecule has 0 aromatic carbocycles. The minimum Gasteiger partial charge on any atom is -0.296 e. The molecule has 7 heteroatoms. The number of anilines is 1. The van der Waals surface area contributed by atoms with Crippen LogP contribution in [0.3, 0.4) is 0 Å². The van der Waals surface area contributed by atoms with Crippen LogP contribution >= 0.6 is 34.5 Å². The number of nitrogens with zero attached hydrogens (tertiary/aromatic N) is 2. The third kappa shape index (κ3) is 2.80. The number of rotatable bonds is 2. The van der Waals surface area contributed by atoms with Crippen LogP contribution in [0.2, 0.25) is 10.2 Å². The molecule has 0 spiro atoms. The van der Waals surface area contributed by atoms with Crippen molar-refractivity contribution >= 4 is 45.6 Å². The molecule has 1 aliphatic rings. The molecular formula is C13H11Cl2N3OS. The number of halogens is 2. The summed E-state index contributed by atoms with van der Waals surface area (Å²) in [6.07, 6.45) is 4.37. The van der Waals surface area contributed by atoms with Crippen molar-refractivity contribution in [2.45, 2.75) is 25.7 Å². The van der Waals surface area contributed by atoms with E-state index in [1.54, 1.807) is 12.1 Å². The fraction of sp³-hybridized carbons (Fsp3) is 0.308. The van der Waals surface area contributed by atoms with Gasteiger partial charge < -0.3 is 0 Å². The third-order valence-electron chi connectivity index (χ3n) is 3.09. The molecule has 1 aliphatic carbocycles. The van der Waals surface area contributed by atoms with Gasteiger partial charge in [-0.1, -0.05) is 23.2 Å². The van der Waals surface area contributed by atoms with Crippen molar-refractivity contribution in [1.82, 2.24) is 9.97 Å². The molecule has 2 aromatic heterocycles. The molecule has 2 heterocycles. The first kappa shape index (κ1) is 13.8. The molecule has 0 aliphatic heterocycles. The fourth-order valence-corrected chi connectivity index (χ4v) is 3.52. The molecule has 3 rings (SSSR count). The summed E-state index contributed by atoms with van der Waals surface area (Å²) in [6.45, 7) is 0. The van der Waals surface area contributed by atoms with Gasteiger partial charge in [-0.3, -0.25) is 10.1 Å². The molecule has 1 N–H and O–H groups in total. The Bertz CT molecular complexity index is 648. The molecule has 0 unspecified atom stereocenters. The summed E-state index contributed by atoms with van der Waals surface area (Å²) in [5.74, 6) is -0.386. The highest BCUT2D eigenvalue weighted by Gasteiger charge is 2.18. The highest BCUT2D eigenvalue weighted by Crippen LogP contribution is 2.30. The average molecular weight is 328 g/mol. The predicted octanol–water partition coefficient (Wildman–Crippen LogP) is 3.98. The lowest BCUT2D eigenvalue weighted by Crippen LogP contribution is -2.14. The Hall–Kier alpha value is -1.17. The van der Waals surface area contributed by atoms with Crippen LogP contribution in [0.4, 0.5) is 5.13 Å². The maximum atomic E-state index is 12.1. The lowest BCUT2D eigenvalue weighted by atomic mass is 10.0. The normalized spacial score (nSPS) is 13.9. The van der Waals surface area contributed by atoms with Gasteiger partial charge in [0.15, 0.2) is 5.13 Å². The number of carbonyl (C=O) groups is 1. The second-order valence-corrected chi connectivity index (χ2v) is 6.39. The first-order valence-electron chi connectivity index (χ1n) is 6.25. The van der Waals surface area contributed by atoms with Crippen LogP contribution in [-0.4, -0.2) is 15.9 Å². The molecule has 0 bridgehead atoms. The molecule has 1 amide bonds. The highest BCUT2D eigenvalue weighted by molar-refractivity contribution is 7.15. The molecule has 104 valence electrons. The fourth-order valence-electron chi connectivity index (χ4n) is 2.14. The second kappa shape index (κ2) is 5.68. The zero-order chi connectivity index (χ0) is 14.1. The van der Waals surface area contributed by atoms with Gasteiger partial charge in [-0.15, -0.1) is 11.3 Å². The van der Waals surface area contributed by atoms with Crippen molar-refractivity contribution in [1.29, 1.82) is 0 Å². The summed E-state index contributed by atoms with van der Waals surface area (Å²) in [4.78, 5) is 21.8. The van der Waals surface area contributed by atoms with Crippen molar-refractivity contribution in [2.24, 2.45) is 0 Å². The molecule has 0 atom stereocenters. The summed E-state index contributed by atoms with van der Waals surface area (Å²) in [5.41, 5.74) is 1.22. The topological polar surface area (TPSA) is 54.9 Å². The summed E-state index contributed by atoms with van der Waals surface area (Å²) in [6, 6.07) is 3.10. The summed E-state index contributed by atoms with van der Waals surface area (Å²) >= 11 is 13.3. The number of pyridine rings is 1. The van der Waals surface area contributed by atoms with Crippen LogP contribution in [0.5, 0.6) is 0 Å². The van der Waals surface area contributed by atoms with E-state index in [4.69, 9.17) is 23.2 Å². The van der Waals surface area contributed by atoms with Crippen LogP contribution in [0, 0.1) is 0 Å². The number of amides is 1. The van der Waals surface area contributed by atoms with Gasteiger partial charge in [0.25, 0.3) is 5.91 Å². The second-order valence-electron chi connectivity index (χ2n) is 4.51. The minimum absolute atomic E-state index is 0.118. The van der Waals surface area contributed by atoms with E-state index < -0.39 is 0 Å². The Morgan fingerprint density at radius 2 is 2.00 bits per heavy atom. The molecule has 0 radical (unpaired) electrons. The van der Waals surface area contributed by atoms with E-state index in [-0.39, 0.29) is 21.8 Å². The molecule has 4 nitrogen and oxygen atoms in total. The maximum Gasteiger partial charge on any atom is 0.277 e. The molecule has 2 aromatic rings. The SMILES string of the molecule is O=C(Nc1nc2c(s1)CCCC2)c1nc(Cl)ccc1Cl. The lowest BCUT2D eigenvalue weighted by Gasteiger charge is -2.06. The van der Waals surface area contributed by atoms with Gasteiger partial charge in [0.1, 0.15) is 10.8 Å². The van der Waals surface area contributed by atoms with Crippen molar-refractivity contribution in [3.8, 4) is 0 Å². The van der Waals surface area contributed by atoms with Crippen molar-refractivity contribution in [2.75, 3.05) is 5.32 Å². The Morgan fingerprint density at radius 1 is 1.20 bits per heavy atom. The largest absolute Gasteiger partial charge is 0.296 e. The van der Waals surface area contributed by atoms with Gasteiger partial charge >= 0.3 is 0 Å². The standard InChI is InChI=1S/C13H11Cl2N3OS/c14-7-5-6-10(15)17-11(7)12(19)18-13-16-8-3-1-2-4-9(8)20-13/h5-6H,1-4H2,(H,16,18,19). The number of aryl methyl sites for hydroxylation is 2. The molecular weight excluding hydrogens is 317 g/mol. The number of nitrogens with one attached hydrogen (secondary N) is 1. The van der Waals surface area contributed by atoms with Crippen LogP contribution in [-0.2, 0) is 12.8 Å². The Morgan fingerprint density at radius 3 is 2.80 bits per heavy atom. The van der Waals surface area contributed by atoms with Crippen LogP contribution in [0.1, 0.15) is 33.9 Å². The van der Waals surface area contributed by atoms with E-state index in [1.165, 1.54) is 22.6 Å². The number of thiazole rings is 1. The van der Waals surface area contributed by atoms with Crippen LogP contribution in [0.25, 0.3) is 0 Å². The summed E-state index contributed by atoms with van der Waals surface area (Å²) in [7, 11) is 0. The van der Waals surface area contributed by atoms with Gasteiger partial charge in [0.05, 0.1) is 10.7 Å². The van der Waals surface area contributed by atoms with Gasteiger partial charge in [-0.05, 0) is 37.8 Å². The first-order valence-corrected chi connectivity index (χ1v) is 7.82. The number of fused-ring (bicyclic) bond motifs is 1. The average Bonchev–Trinajstić information content (AvgIpc) is 2.83. The first-order chi connectivity index (χ1) is 9.63. The Balaban J connectivity index is 1.82. The zero-order valence-corrected chi connectivity index (χ0v) is 12.8. The lowest BCUT2D eigenvalue weighted by molar-refractivity contribution is 0.102. The molecule has 0 saturated carbocycles. The maximum absolute atomic E-state index is 12.1. The van der Waals surface area contributed by atoms with E-state index in [9.17, 15) is 4.79 Å². The number of hydrogen-bond donors (Lipinski definition) is 1. The number of aromatic nitrogens is 2.